The van der Waals surface area contributed by atoms with E-state index in [1.165, 1.54) is 30.6 Å². The van der Waals surface area contributed by atoms with E-state index in [1.807, 2.05) is 0 Å². The van der Waals surface area contributed by atoms with Crippen LogP contribution in [0.5, 0.6) is 0 Å². The minimum Gasteiger partial charge on any atom is -0.346 e. The van der Waals surface area contributed by atoms with Gasteiger partial charge in [0.25, 0.3) is 5.91 Å². The van der Waals surface area contributed by atoms with Gasteiger partial charge >= 0.3 is 6.18 Å². The third-order valence-electron chi connectivity index (χ3n) is 3.77. The van der Waals surface area contributed by atoms with Crippen molar-refractivity contribution in [1.29, 1.82) is 0 Å². The number of aromatic nitrogens is 2. The lowest BCUT2D eigenvalue weighted by Gasteiger charge is -2.12. The van der Waals surface area contributed by atoms with E-state index < -0.39 is 23.2 Å². The number of carbonyl (C=O) groups is 1. The Kier molecular flexibility index (Phi) is 5.16. The second kappa shape index (κ2) is 7.53. The normalized spacial score (nSPS) is 11.3. The number of nitrogens with zero attached hydrogens (tertiary/aromatic N) is 2. The number of carbonyl (C=O) groups excluding carboxylic acids is 1. The van der Waals surface area contributed by atoms with Gasteiger partial charge in [0.1, 0.15) is 12.1 Å². The fraction of sp³-hybridized carbons (Fsp3) is 0.105. The number of alkyl halides is 3. The van der Waals surface area contributed by atoms with E-state index in [1.54, 1.807) is 18.2 Å². The number of rotatable bonds is 4. The molecule has 0 spiro atoms. The van der Waals surface area contributed by atoms with Gasteiger partial charge < -0.3 is 5.32 Å². The molecule has 0 aliphatic rings. The molecule has 0 radical (unpaired) electrons. The van der Waals surface area contributed by atoms with Crippen LogP contribution in [0.3, 0.4) is 0 Å². The number of benzene rings is 2. The van der Waals surface area contributed by atoms with E-state index in [0.717, 1.165) is 12.1 Å². The number of nitrogens with one attached hydrogen (secondary N) is 1. The van der Waals surface area contributed by atoms with Gasteiger partial charge in [-0.15, -0.1) is 0 Å². The molecule has 27 heavy (non-hydrogen) atoms. The molecule has 8 heteroatoms. The van der Waals surface area contributed by atoms with Crippen LogP contribution in [0, 0.1) is 5.82 Å². The quantitative estimate of drug-likeness (QED) is 0.695. The third kappa shape index (κ3) is 4.46. The summed E-state index contributed by atoms with van der Waals surface area (Å²) in [5, 5.41) is 2.43. The number of halogens is 4. The first-order valence-electron chi connectivity index (χ1n) is 7.86. The molecule has 0 bridgehead atoms. The summed E-state index contributed by atoms with van der Waals surface area (Å²) in [6.45, 7) is -0.0816. The maximum absolute atomic E-state index is 13.0. The first kappa shape index (κ1) is 18.5. The summed E-state index contributed by atoms with van der Waals surface area (Å²) >= 11 is 0. The molecule has 1 amide bonds. The summed E-state index contributed by atoms with van der Waals surface area (Å²) in [6.07, 6.45) is -3.36. The molecule has 0 saturated carbocycles. The Labute approximate surface area is 151 Å². The van der Waals surface area contributed by atoms with Crippen LogP contribution in [0.1, 0.15) is 21.6 Å². The van der Waals surface area contributed by atoms with Gasteiger partial charge in [0.05, 0.1) is 29.1 Å². The van der Waals surface area contributed by atoms with Crippen LogP contribution in [0.15, 0.2) is 60.9 Å². The number of amides is 1. The molecule has 3 rings (SSSR count). The lowest BCUT2D eigenvalue weighted by atomic mass is 10.1. The van der Waals surface area contributed by atoms with Crippen molar-refractivity contribution in [2.24, 2.45) is 0 Å². The molecule has 1 aromatic heterocycles. The largest absolute Gasteiger partial charge is 0.417 e. The summed E-state index contributed by atoms with van der Waals surface area (Å²) < 4.78 is 52.0. The van der Waals surface area contributed by atoms with E-state index in [9.17, 15) is 22.4 Å². The van der Waals surface area contributed by atoms with Crippen LogP contribution in [0.4, 0.5) is 17.6 Å². The van der Waals surface area contributed by atoms with Gasteiger partial charge in [0.2, 0.25) is 0 Å². The SMILES string of the molecule is O=C(NCc1cc(-c2ccc(F)cc2)ncn1)c1ccccc1C(F)(F)F. The van der Waals surface area contributed by atoms with Crippen LogP contribution in [0.2, 0.25) is 0 Å². The van der Waals surface area contributed by atoms with Crippen molar-refractivity contribution in [2.45, 2.75) is 12.7 Å². The molecule has 1 N–H and O–H groups in total. The summed E-state index contributed by atoms with van der Waals surface area (Å²) in [5.74, 6) is -1.24. The Morgan fingerprint density at radius 1 is 1.00 bits per heavy atom. The third-order valence-corrected chi connectivity index (χ3v) is 3.77. The highest BCUT2D eigenvalue weighted by atomic mass is 19.4. The van der Waals surface area contributed by atoms with Crippen LogP contribution < -0.4 is 5.32 Å². The monoisotopic (exact) mass is 375 g/mol. The van der Waals surface area contributed by atoms with Crippen molar-refractivity contribution in [3.8, 4) is 11.3 Å². The molecule has 0 fully saturated rings. The molecule has 138 valence electrons. The molecule has 0 aliphatic heterocycles. The minimum absolute atomic E-state index is 0.0816. The topological polar surface area (TPSA) is 54.9 Å². The van der Waals surface area contributed by atoms with Gasteiger partial charge in [-0.3, -0.25) is 4.79 Å². The molecule has 0 unspecified atom stereocenters. The van der Waals surface area contributed by atoms with Gasteiger partial charge in [-0.05, 0) is 42.5 Å². The zero-order chi connectivity index (χ0) is 19.4. The zero-order valence-corrected chi connectivity index (χ0v) is 13.8. The fourth-order valence-corrected chi connectivity index (χ4v) is 2.47. The highest BCUT2D eigenvalue weighted by Crippen LogP contribution is 2.31. The maximum atomic E-state index is 13.0. The van der Waals surface area contributed by atoms with Crippen LogP contribution in [0.25, 0.3) is 11.3 Å². The van der Waals surface area contributed by atoms with Crippen molar-refractivity contribution in [2.75, 3.05) is 0 Å². The Balaban J connectivity index is 1.75. The lowest BCUT2D eigenvalue weighted by molar-refractivity contribution is -0.137. The first-order chi connectivity index (χ1) is 12.8. The predicted molar refractivity (Wildman–Crippen MR) is 90.0 cm³/mol. The van der Waals surface area contributed by atoms with Crippen molar-refractivity contribution in [1.82, 2.24) is 15.3 Å². The lowest BCUT2D eigenvalue weighted by Crippen LogP contribution is -2.26. The summed E-state index contributed by atoms with van der Waals surface area (Å²) in [6, 6.07) is 11.8. The van der Waals surface area contributed by atoms with Gasteiger partial charge in [-0.25, -0.2) is 14.4 Å². The Morgan fingerprint density at radius 3 is 2.41 bits per heavy atom. The first-order valence-corrected chi connectivity index (χ1v) is 7.86. The average Bonchev–Trinajstić information content (AvgIpc) is 2.66. The van der Waals surface area contributed by atoms with Crippen LogP contribution >= 0.6 is 0 Å². The van der Waals surface area contributed by atoms with Crippen molar-refractivity contribution in [3.05, 3.63) is 83.6 Å². The minimum atomic E-state index is -4.63. The van der Waals surface area contributed by atoms with E-state index >= 15 is 0 Å². The zero-order valence-electron chi connectivity index (χ0n) is 13.8. The van der Waals surface area contributed by atoms with E-state index in [0.29, 0.717) is 17.0 Å². The molecular formula is C19H13F4N3O. The van der Waals surface area contributed by atoms with Gasteiger partial charge in [-0.2, -0.15) is 13.2 Å². The second-order valence-corrected chi connectivity index (χ2v) is 5.63. The summed E-state index contributed by atoms with van der Waals surface area (Å²) in [4.78, 5) is 20.3. The molecule has 3 aromatic rings. The summed E-state index contributed by atoms with van der Waals surface area (Å²) in [5.41, 5.74) is 0.0934. The van der Waals surface area contributed by atoms with Crippen molar-refractivity contribution < 1.29 is 22.4 Å². The molecule has 2 aromatic carbocycles. The molecule has 0 saturated heterocycles. The van der Waals surface area contributed by atoms with Gasteiger partial charge in [-0.1, -0.05) is 12.1 Å². The maximum Gasteiger partial charge on any atom is 0.417 e. The second-order valence-electron chi connectivity index (χ2n) is 5.63. The van der Waals surface area contributed by atoms with Crippen LogP contribution in [-0.4, -0.2) is 15.9 Å². The average molecular weight is 375 g/mol. The van der Waals surface area contributed by atoms with E-state index in [4.69, 9.17) is 0 Å². The van der Waals surface area contributed by atoms with E-state index in [2.05, 4.69) is 15.3 Å². The van der Waals surface area contributed by atoms with Gasteiger partial charge in [0, 0.05) is 5.56 Å². The smallest absolute Gasteiger partial charge is 0.346 e. The highest BCUT2D eigenvalue weighted by molar-refractivity contribution is 5.95. The fourth-order valence-electron chi connectivity index (χ4n) is 2.47. The standard InChI is InChI=1S/C19H13F4N3O/c20-13-7-5-12(6-8-13)17-9-14(25-11-26-17)10-24-18(27)15-3-1-2-4-16(15)19(21,22)23/h1-9,11H,10H2,(H,24,27). The number of hydrogen-bond acceptors (Lipinski definition) is 3. The molecular weight excluding hydrogens is 362 g/mol. The van der Waals surface area contributed by atoms with Crippen LogP contribution in [-0.2, 0) is 12.7 Å². The number of hydrogen-bond donors (Lipinski definition) is 1. The molecule has 0 aliphatic carbocycles. The Hall–Kier alpha value is -3.29. The van der Waals surface area contributed by atoms with Crippen molar-refractivity contribution in [3.63, 3.8) is 0 Å². The Morgan fingerprint density at radius 2 is 1.70 bits per heavy atom. The summed E-state index contributed by atoms with van der Waals surface area (Å²) in [7, 11) is 0. The highest BCUT2D eigenvalue weighted by Gasteiger charge is 2.34. The molecule has 4 nitrogen and oxygen atoms in total. The molecule has 0 atom stereocenters. The molecule has 1 heterocycles. The van der Waals surface area contributed by atoms with Crippen molar-refractivity contribution >= 4 is 5.91 Å². The van der Waals surface area contributed by atoms with Gasteiger partial charge in [0.15, 0.2) is 0 Å². The predicted octanol–water partition coefficient (Wildman–Crippen LogP) is 4.23. The van der Waals surface area contributed by atoms with E-state index in [-0.39, 0.29) is 12.4 Å². The Bertz CT molecular complexity index is 956.